The van der Waals surface area contributed by atoms with Crippen LogP contribution in [0.3, 0.4) is 0 Å². The van der Waals surface area contributed by atoms with Crippen molar-refractivity contribution in [3.05, 3.63) is 176 Å². The summed E-state index contributed by atoms with van der Waals surface area (Å²) < 4.78 is 6.40. The van der Waals surface area contributed by atoms with Gasteiger partial charge in [-0.1, -0.05) is 146 Å². The predicted molar refractivity (Wildman–Crippen MR) is 222 cm³/mol. The second kappa shape index (κ2) is 12.5. The maximum absolute atomic E-state index is 6.40. The largest absolute Gasteiger partial charge is 0.453 e. The van der Waals surface area contributed by atoms with Crippen LogP contribution in [0.4, 0.5) is 0 Å². The summed E-state index contributed by atoms with van der Waals surface area (Å²) in [6.45, 7) is 0. The third kappa shape index (κ3) is 5.31. The van der Waals surface area contributed by atoms with Gasteiger partial charge in [-0.2, -0.15) is 0 Å². The minimum Gasteiger partial charge on any atom is -0.453 e. The van der Waals surface area contributed by atoms with Crippen molar-refractivity contribution >= 4 is 54.4 Å². The fraction of sp³-hybridized carbons (Fsp3) is 0. The number of nitrogens with zero attached hydrogens (tertiary/aromatic N) is 5. The summed E-state index contributed by atoms with van der Waals surface area (Å²) in [4.78, 5) is 24.9. The predicted octanol–water partition coefficient (Wildman–Crippen LogP) is 12.4. The van der Waals surface area contributed by atoms with Gasteiger partial charge in [0.1, 0.15) is 11.1 Å². The van der Waals surface area contributed by atoms with Crippen molar-refractivity contribution < 1.29 is 4.42 Å². The normalized spacial score (nSPS) is 11.6. The van der Waals surface area contributed by atoms with Gasteiger partial charge in [-0.3, -0.25) is 0 Å². The van der Waals surface area contributed by atoms with Crippen LogP contribution in [0.25, 0.3) is 111 Å². The molecule has 3 heterocycles. The molecule has 0 amide bonds. The van der Waals surface area contributed by atoms with Crippen LogP contribution in [-0.2, 0) is 0 Å². The summed E-state index contributed by atoms with van der Waals surface area (Å²) in [7, 11) is 0. The first kappa shape index (κ1) is 31.0. The fourth-order valence-electron chi connectivity index (χ4n) is 7.71. The lowest BCUT2D eigenvalue weighted by Gasteiger charge is -2.10. The first-order valence-corrected chi connectivity index (χ1v) is 18.2. The molecular weight excluding hydrogens is 675 g/mol. The van der Waals surface area contributed by atoms with Gasteiger partial charge >= 0.3 is 0 Å². The van der Waals surface area contributed by atoms with Crippen LogP contribution < -0.4 is 0 Å². The summed E-state index contributed by atoms with van der Waals surface area (Å²) in [5, 5.41) is 8.13. The molecule has 0 bridgehead atoms. The molecule has 0 aliphatic rings. The number of benzene rings is 8. The molecule has 11 aromatic rings. The molecule has 256 valence electrons. The maximum atomic E-state index is 6.40. The topological polar surface area (TPSA) is 77.6 Å². The van der Waals surface area contributed by atoms with Gasteiger partial charge in [0.2, 0.25) is 0 Å². The van der Waals surface area contributed by atoms with E-state index in [9.17, 15) is 0 Å². The van der Waals surface area contributed by atoms with Crippen LogP contribution >= 0.6 is 0 Å². The molecule has 0 N–H and O–H groups in total. The van der Waals surface area contributed by atoms with Crippen molar-refractivity contribution in [2.75, 3.05) is 0 Å². The number of furan rings is 1. The van der Waals surface area contributed by atoms with Crippen molar-refractivity contribution in [1.82, 2.24) is 24.9 Å². The minimum absolute atomic E-state index is 0.566. The second-order valence-electron chi connectivity index (χ2n) is 13.7. The van der Waals surface area contributed by atoms with Crippen molar-refractivity contribution in [1.29, 1.82) is 0 Å². The molecule has 3 aromatic heterocycles. The molecule has 0 aliphatic heterocycles. The van der Waals surface area contributed by atoms with Gasteiger partial charge in [0, 0.05) is 27.6 Å². The van der Waals surface area contributed by atoms with Gasteiger partial charge in [-0.05, 0) is 67.7 Å². The molecule has 6 heteroatoms. The van der Waals surface area contributed by atoms with Crippen molar-refractivity contribution in [2.45, 2.75) is 0 Å². The zero-order chi connectivity index (χ0) is 36.3. The van der Waals surface area contributed by atoms with E-state index in [1.54, 1.807) is 6.20 Å². The van der Waals surface area contributed by atoms with E-state index in [1.807, 2.05) is 84.9 Å². The summed E-state index contributed by atoms with van der Waals surface area (Å²) >= 11 is 0. The van der Waals surface area contributed by atoms with Gasteiger partial charge in [-0.25, -0.2) is 24.9 Å². The molecule has 0 fully saturated rings. The van der Waals surface area contributed by atoms with E-state index < -0.39 is 0 Å². The number of fused-ring (bicyclic) bond motifs is 9. The molecule has 6 nitrogen and oxygen atoms in total. The van der Waals surface area contributed by atoms with E-state index in [-0.39, 0.29) is 0 Å². The lowest BCUT2D eigenvalue weighted by molar-refractivity contribution is 0.666. The number of hydrogen-bond donors (Lipinski definition) is 0. The van der Waals surface area contributed by atoms with Crippen LogP contribution in [-0.4, -0.2) is 24.9 Å². The highest BCUT2D eigenvalue weighted by atomic mass is 16.3. The molecular formula is C49H29N5O. The monoisotopic (exact) mass is 703 g/mol. The third-order valence-corrected chi connectivity index (χ3v) is 10.3. The molecule has 55 heavy (non-hydrogen) atoms. The Labute approximate surface area is 315 Å². The number of rotatable bonds is 5. The smallest absolute Gasteiger partial charge is 0.172 e. The standard InChI is InChI=1S/C49H29N5O/c1-3-13-30(14-4-1)32-17-11-19-34(25-32)48-52-47(31-15-5-2-6-16-31)53-49(54-48)35-20-12-18-33(26-35)46-50-29-44-45(51-46)42-27-40-38-23-9-7-21-36(38)37-22-8-10-24-39(37)41(40)28-43(42)55-44/h1-29H. The molecule has 0 saturated heterocycles. The molecule has 0 spiro atoms. The Morgan fingerprint density at radius 3 is 1.36 bits per heavy atom. The second-order valence-corrected chi connectivity index (χ2v) is 13.7. The summed E-state index contributed by atoms with van der Waals surface area (Å²) in [6.07, 6.45) is 1.78. The van der Waals surface area contributed by atoms with E-state index in [2.05, 4.69) is 84.9 Å². The first-order chi connectivity index (χ1) is 27.2. The Morgan fingerprint density at radius 2 is 0.745 bits per heavy atom. The van der Waals surface area contributed by atoms with Gasteiger partial charge in [-0.15, -0.1) is 0 Å². The van der Waals surface area contributed by atoms with Crippen LogP contribution in [0, 0.1) is 0 Å². The quantitative estimate of drug-likeness (QED) is 0.166. The minimum atomic E-state index is 0.566. The summed E-state index contributed by atoms with van der Waals surface area (Å²) in [5.74, 6) is 2.36. The zero-order valence-corrected chi connectivity index (χ0v) is 29.4. The van der Waals surface area contributed by atoms with Crippen molar-refractivity contribution in [2.24, 2.45) is 0 Å². The van der Waals surface area contributed by atoms with Crippen molar-refractivity contribution in [3.63, 3.8) is 0 Å². The average Bonchev–Trinajstić information content (AvgIpc) is 3.63. The Balaban J connectivity index is 1.04. The molecule has 0 unspecified atom stereocenters. The molecule has 0 aliphatic carbocycles. The molecule has 0 saturated carbocycles. The van der Waals surface area contributed by atoms with E-state index >= 15 is 0 Å². The summed E-state index contributed by atoms with van der Waals surface area (Å²) in [5.41, 5.74) is 7.93. The van der Waals surface area contributed by atoms with E-state index in [4.69, 9.17) is 29.3 Å². The molecule has 8 aromatic carbocycles. The molecule has 11 rings (SSSR count). The Bertz CT molecular complexity index is 3270. The number of aromatic nitrogens is 5. The third-order valence-electron chi connectivity index (χ3n) is 10.3. The maximum Gasteiger partial charge on any atom is 0.172 e. The van der Waals surface area contributed by atoms with Gasteiger partial charge in [0.25, 0.3) is 0 Å². The lowest BCUT2D eigenvalue weighted by Crippen LogP contribution is -2.00. The van der Waals surface area contributed by atoms with Crippen LogP contribution in [0.5, 0.6) is 0 Å². The number of hydrogen-bond acceptors (Lipinski definition) is 6. The Hall–Kier alpha value is -7.57. The van der Waals surface area contributed by atoms with Gasteiger partial charge in [0.05, 0.1) is 6.20 Å². The average molecular weight is 704 g/mol. The Kier molecular flexibility index (Phi) is 7.07. The molecule has 0 atom stereocenters. The Morgan fingerprint density at radius 1 is 0.291 bits per heavy atom. The SMILES string of the molecule is c1ccc(-c2cccc(-c3nc(-c4ccccc4)nc(-c4cccc(-c5ncc6oc7cc8c9ccccc9c9ccccc9c8cc7c6n5)c4)n3)c2)cc1. The first-order valence-electron chi connectivity index (χ1n) is 18.2. The van der Waals surface area contributed by atoms with Gasteiger partial charge in [0.15, 0.2) is 28.9 Å². The van der Waals surface area contributed by atoms with Crippen LogP contribution in [0.1, 0.15) is 0 Å². The van der Waals surface area contributed by atoms with Crippen LogP contribution in [0.2, 0.25) is 0 Å². The fourth-order valence-corrected chi connectivity index (χ4v) is 7.71. The zero-order valence-electron chi connectivity index (χ0n) is 29.4. The molecule has 0 radical (unpaired) electrons. The van der Waals surface area contributed by atoms with Crippen molar-refractivity contribution in [3.8, 4) is 56.7 Å². The van der Waals surface area contributed by atoms with E-state index in [1.165, 1.54) is 26.9 Å². The van der Waals surface area contributed by atoms with Gasteiger partial charge < -0.3 is 4.42 Å². The highest BCUT2D eigenvalue weighted by Crippen LogP contribution is 2.40. The van der Waals surface area contributed by atoms with Crippen LogP contribution in [0.15, 0.2) is 180 Å². The van der Waals surface area contributed by atoms with E-state index in [0.29, 0.717) is 28.9 Å². The summed E-state index contributed by atoms with van der Waals surface area (Å²) in [6, 6.07) is 58.3. The van der Waals surface area contributed by atoms with E-state index in [0.717, 1.165) is 55.3 Å². The highest BCUT2D eigenvalue weighted by Gasteiger charge is 2.18. The highest BCUT2D eigenvalue weighted by molar-refractivity contribution is 6.28. The lowest BCUT2D eigenvalue weighted by atomic mass is 9.93.